The average Bonchev–Trinajstić information content (AvgIpc) is 2.84. The van der Waals surface area contributed by atoms with Gasteiger partial charge in [-0.05, 0) is 67.8 Å². The summed E-state index contributed by atoms with van der Waals surface area (Å²) >= 11 is 0. The lowest BCUT2D eigenvalue weighted by Crippen LogP contribution is -2.49. The van der Waals surface area contributed by atoms with Crippen molar-refractivity contribution in [2.75, 3.05) is 0 Å². The van der Waals surface area contributed by atoms with Gasteiger partial charge in [0.15, 0.2) is 0 Å². The molecule has 0 unspecified atom stereocenters. The first-order valence-corrected chi connectivity index (χ1v) is 9.04. The molecule has 0 spiro atoms. The summed E-state index contributed by atoms with van der Waals surface area (Å²) in [5.41, 5.74) is 2.02. The summed E-state index contributed by atoms with van der Waals surface area (Å²) in [5, 5.41) is 0. The molecule has 6 atom stereocenters. The molecular formula is C21H28O. The van der Waals surface area contributed by atoms with Crippen LogP contribution in [0.3, 0.4) is 0 Å². The molecule has 0 saturated heterocycles. The Morgan fingerprint density at radius 2 is 1.95 bits per heavy atom. The zero-order valence-corrected chi connectivity index (χ0v) is 14.1. The van der Waals surface area contributed by atoms with E-state index in [0.717, 1.165) is 24.2 Å². The van der Waals surface area contributed by atoms with Crippen molar-refractivity contribution in [2.24, 2.45) is 34.5 Å². The second-order valence-corrected chi connectivity index (χ2v) is 8.56. The minimum atomic E-state index is 0.229. The molecule has 4 aliphatic carbocycles. The predicted molar refractivity (Wildman–Crippen MR) is 90.3 cm³/mol. The second kappa shape index (κ2) is 4.69. The molecule has 0 aromatic carbocycles. The fraction of sp³-hybridized carbons (Fsp3) is 0.667. The van der Waals surface area contributed by atoms with Crippen LogP contribution in [0.2, 0.25) is 0 Å². The van der Waals surface area contributed by atoms with Crippen molar-refractivity contribution in [1.29, 1.82) is 0 Å². The minimum absolute atomic E-state index is 0.229. The summed E-state index contributed by atoms with van der Waals surface area (Å²) in [6.07, 6.45) is 17.8. The summed E-state index contributed by atoms with van der Waals surface area (Å²) in [5.74, 6) is 3.03. The van der Waals surface area contributed by atoms with Gasteiger partial charge in [0.05, 0.1) is 0 Å². The summed E-state index contributed by atoms with van der Waals surface area (Å²) in [4.78, 5) is 12.1. The molecule has 4 rings (SSSR count). The highest BCUT2D eigenvalue weighted by atomic mass is 16.1. The molecule has 0 amide bonds. The van der Waals surface area contributed by atoms with Gasteiger partial charge in [0.25, 0.3) is 0 Å². The molecular weight excluding hydrogens is 268 g/mol. The number of carbonyl (C=O) groups is 1. The predicted octanol–water partition coefficient (Wildman–Crippen LogP) is 5.10. The summed E-state index contributed by atoms with van der Waals surface area (Å²) in [6, 6.07) is 0. The van der Waals surface area contributed by atoms with Crippen LogP contribution < -0.4 is 0 Å². The van der Waals surface area contributed by atoms with Gasteiger partial charge in [-0.3, -0.25) is 4.79 Å². The monoisotopic (exact) mass is 296 g/mol. The minimum Gasteiger partial charge on any atom is -0.300 e. The highest BCUT2D eigenvalue weighted by Crippen LogP contribution is 2.65. The summed E-state index contributed by atoms with van der Waals surface area (Å²) in [6.45, 7) is 6.68. The number of rotatable bonds is 1. The van der Waals surface area contributed by atoms with E-state index < -0.39 is 0 Å². The van der Waals surface area contributed by atoms with Gasteiger partial charge in [0.2, 0.25) is 0 Å². The molecule has 1 nitrogen and oxygen atoms in total. The van der Waals surface area contributed by atoms with Crippen molar-refractivity contribution in [3.8, 4) is 0 Å². The van der Waals surface area contributed by atoms with Gasteiger partial charge < -0.3 is 0 Å². The smallest absolute Gasteiger partial charge is 0.133 e. The van der Waals surface area contributed by atoms with E-state index in [1.807, 2.05) is 6.92 Å². The van der Waals surface area contributed by atoms with Gasteiger partial charge in [0, 0.05) is 11.3 Å². The maximum absolute atomic E-state index is 12.1. The molecule has 0 N–H and O–H groups in total. The molecule has 0 aromatic rings. The lowest BCUT2D eigenvalue weighted by atomic mass is 9.49. The van der Waals surface area contributed by atoms with Crippen LogP contribution >= 0.6 is 0 Å². The van der Waals surface area contributed by atoms with Gasteiger partial charge in [-0.15, -0.1) is 0 Å². The summed E-state index contributed by atoms with van der Waals surface area (Å²) in [7, 11) is 0. The molecule has 1 heteroatoms. The number of carbonyl (C=O) groups excluding carboxylic acids is 1. The van der Waals surface area contributed by atoms with E-state index in [-0.39, 0.29) is 10.8 Å². The highest BCUT2D eigenvalue weighted by molar-refractivity contribution is 5.79. The van der Waals surface area contributed by atoms with E-state index in [9.17, 15) is 4.79 Å². The average molecular weight is 296 g/mol. The quantitative estimate of drug-likeness (QED) is 0.658. The zero-order chi connectivity index (χ0) is 15.5. The lowest BCUT2D eigenvalue weighted by molar-refractivity contribution is -0.126. The largest absolute Gasteiger partial charge is 0.300 e. The van der Waals surface area contributed by atoms with Gasteiger partial charge >= 0.3 is 0 Å². The van der Waals surface area contributed by atoms with Crippen LogP contribution in [0.1, 0.15) is 52.9 Å². The van der Waals surface area contributed by atoms with Gasteiger partial charge in [-0.25, -0.2) is 0 Å². The van der Waals surface area contributed by atoms with Crippen molar-refractivity contribution in [1.82, 2.24) is 0 Å². The Balaban J connectivity index is 1.71. The fourth-order valence-corrected chi connectivity index (χ4v) is 6.61. The van der Waals surface area contributed by atoms with Crippen LogP contribution in [-0.2, 0) is 4.79 Å². The Morgan fingerprint density at radius 1 is 1.14 bits per heavy atom. The molecule has 2 fully saturated rings. The van der Waals surface area contributed by atoms with Gasteiger partial charge in [0.1, 0.15) is 5.78 Å². The van der Waals surface area contributed by atoms with Crippen molar-refractivity contribution in [3.63, 3.8) is 0 Å². The van der Waals surface area contributed by atoms with Crippen LogP contribution in [-0.4, -0.2) is 5.78 Å². The molecule has 0 aromatic heterocycles. The van der Waals surface area contributed by atoms with Crippen LogP contribution in [0.15, 0.2) is 36.0 Å². The van der Waals surface area contributed by atoms with Crippen molar-refractivity contribution < 1.29 is 4.79 Å². The first-order chi connectivity index (χ1) is 10.5. The van der Waals surface area contributed by atoms with Crippen molar-refractivity contribution >= 4 is 5.78 Å². The Morgan fingerprint density at radius 3 is 2.73 bits per heavy atom. The number of Topliss-reactive ketones (excluding diaryl/α,β-unsaturated/α-hetero) is 1. The first kappa shape index (κ1) is 14.5. The molecule has 0 bridgehead atoms. The molecule has 4 aliphatic rings. The van der Waals surface area contributed by atoms with E-state index in [1.54, 1.807) is 0 Å². The first-order valence-electron chi connectivity index (χ1n) is 9.04. The highest BCUT2D eigenvalue weighted by Gasteiger charge is 2.58. The van der Waals surface area contributed by atoms with Crippen LogP contribution in [0.5, 0.6) is 0 Å². The molecule has 0 aliphatic heterocycles. The maximum atomic E-state index is 12.1. The third kappa shape index (κ3) is 1.74. The summed E-state index contributed by atoms with van der Waals surface area (Å²) < 4.78 is 0. The second-order valence-electron chi connectivity index (χ2n) is 8.56. The standard InChI is InChI=1S/C21H28O/c1-14(22)17-9-10-18-16-8-7-15-6-4-5-12-20(15,2)19(16)11-13-21(17,18)3/h4-7,12,16-19H,8-11,13H2,1-3H3/t16-,17+,18-,19-,20-,21+/m0/s1. The van der Waals surface area contributed by atoms with E-state index in [4.69, 9.17) is 0 Å². The number of hydrogen-bond acceptors (Lipinski definition) is 1. The Bertz CT molecular complexity index is 595. The zero-order valence-electron chi connectivity index (χ0n) is 14.1. The SMILES string of the molecule is CC(=O)[C@H]1CC[C@H]2[C@@H]3CC=C4C=CC=C[C@]4(C)[C@H]3CC[C@]12C. The molecule has 22 heavy (non-hydrogen) atoms. The lowest BCUT2D eigenvalue weighted by Gasteiger charge is -2.55. The number of hydrogen-bond donors (Lipinski definition) is 0. The Hall–Kier alpha value is -1.11. The Kier molecular flexibility index (Phi) is 3.09. The van der Waals surface area contributed by atoms with Crippen LogP contribution in [0.4, 0.5) is 0 Å². The van der Waals surface area contributed by atoms with E-state index >= 15 is 0 Å². The fourth-order valence-electron chi connectivity index (χ4n) is 6.61. The number of allylic oxidation sites excluding steroid dienone is 6. The number of ketones is 1. The molecule has 0 heterocycles. The molecule has 2 saturated carbocycles. The van der Waals surface area contributed by atoms with Crippen LogP contribution in [0.25, 0.3) is 0 Å². The third-order valence-electron chi connectivity index (χ3n) is 7.76. The molecule has 118 valence electrons. The maximum Gasteiger partial charge on any atom is 0.133 e. The molecule has 0 radical (unpaired) electrons. The van der Waals surface area contributed by atoms with E-state index in [0.29, 0.717) is 11.7 Å². The van der Waals surface area contributed by atoms with Gasteiger partial charge in [-0.2, -0.15) is 0 Å². The van der Waals surface area contributed by atoms with Crippen molar-refractivity contribution in [3.05, 3.63) is 36.0 Å². The van der Waals surface area contributed by atoms with Crippen LogP contribution in [0, 0.1) is 34.5 Å². The normalized spacial score (nSPS) is 49.1. The van der Waals surface area contributed by atoms with Gasteiger partial charge in [-0.1, -0.05) is 44.2 Å². The Labute approximate surface area is 134 Å². The van der Waals surface area contributed by atoms with E-state index in [1.165, 1.54) is 31.3 Å². The third-order valence-corrected chi connectivity index (χ3v) is 7.76. The number of fused-ring (bicyclic) bond motifs is 5. The van der Waals surface area contributed by atoms with E-state index in [2.05, 4.69) is 44.2 Å². The topological polar surface area (TPSA) is 17.1 Å². The van der Waals surface area contributed by atoms with Crippen molar-refractivity contribution in [2.45, 2.75) is 52.9 Å².